The van der Waals surface area contributed by atoms with E-state index in [-0.39, 0.29) is 24.0 Å². The highest BCUT2D eigenvalue weighted by Gasteiger charge is 2.03. The molecule has 1 aromatic carbocycles. The van der Waals surface area contributed by atoms with Crippen LogP contribution in [0.15, 0.2) is 27.7 Å². The number of nitrogens with zero attached hydrogens (tertiary/aromatic N) is 1. The van der Waals surface area contributed by atoms with Gasteiger partial charge in [-0.2, -0.15) is 0 Å². The summed E-state index contributed by atoms with van der Waals surface area (Å²) in [5.41, 5.74) is 6.73. The van der Waals surface area contributed by atoms with Gasteiger partial charge in [0.05, 0.1) is 13.7 Å². The molecule has 0 aliphatic heterocycles. The second kappa shape index (κ2) is 9.43. The molecular weight excluding hydrogens is 409 g/mol. The highest BCUT2D eigenvalue weighted by Crippen LogP contribution is 2.23. The molecule has 0 atom stereocenters. The van der Waals surface area contributed by atoms with Crippen molar-refractivity contribution in [1.82, 2.24) is 5.32 Å². The van der Waals surface area contributed by atoms with E-state index >= 15 is 0 Å². The predicted molar refractivity (Wildman–Crippen MR) is 89.7 cm³/mol. The zero-order chi connectivity index (χ0) is 12.7. The number of methoxy groups -OCH3 is 1. The molecule has 0 spiro atoms. The number of nitrogens with one attached hydrogen (secondary N) is 1. The molecule has 0 fully saturated rings. The fraction of sp³-hybridized carbons (Fsp3) is 0.417. The molecule has 1 rings (SSSR count). The summed E-state index contributed by atoms with van der Waals surface area (Å²) in [6.07, 6.45) is 1.02. The Morgan fingerprint density at radius 1 is 1.50 bits per heavy atom. The van der Waals surface area contributed by atoms with Crippen LogP contribution in [-0.4, -0.2) is 19.6 Å². The van der Waals surface area contributed by atoms with Crippen LogP contribution in [0.25, 0.3) is 0 Å². The lowest BCUT2D eigenvalue weighted by Crippen LogP contribution is -2.32. The topological polar surface area (TPSA) is 59.6 Å². The molecule has 0 bridgehead atoms. The van der Waals surface area contributed by atoms with Gasteiger partial charge in [0, 0.05) is 16.6 Å². The number of hydrogen-bond acceptors (Lipinski definition) is 2. The summed E-state index contributed by atoms with van der Waals surface area (Å²) in [6.45, 7) is 3.42. The summed E-state index contributed by atoms with van der Waals surface area (Å²) in [5, 5.41) is 3.03. The molecule has 0 amide bonds. The summed E-state index contributed by atoms with van der Waals surface area (Å²) < 4.78 is 6.27. The van der Waals surface area contributed by atoms with Gasteiger partial charge < -0.3 is 15.8 Å². The normalized spacial score (nSPS) is 10.7. The lowest BCUT2D eigenvalue weighted by molar-refractivity contribution is 0.410. The fourth-order valence-corrected chi connectivity index (χ4v) is 1.76. The van der Waals surface area contributed by atoms with Gasteiger partial charge in [0.2, 0.25) is 0 Å². The number of benzene rings is 1. The van der Waals surface area contributed by atoms with Crippen molar-refractivity contribution >= 4 is 45.9 Å². The second-order valence-corrected chi connectivity index (χ2v) is 4.50. The van der Waals surface area contributed by atoms with Crippen molar-refractivity contribution in [3.05, 3.63) is 28.2 Å². The van der Waals surface area contributed by atoms with Crippen molar-refractivity contribution in [1.29, 1.82) is 0 Å². The van der Waals surface area contributed by atoms with Crippen molar-refractivity contribution in [3.63, 3.8) is 0 Å². The number of ether oxygens (including phenoxy) is 1. The molecular formula is C12H19BrIN3O. The fourth-order valence-electron chi connectivity index (χ4n) is 1.35. The summed E-state index contributed by atoms with van der Waals surface area (Å²) in [6, 6.07) is 5.82. The lowest BCUT2D eigenvalue weighted by atomic mass is 10.2. The number of aliphatic imine (C=N–C) groups is 1. The van der Waals surface area contributed by atoms with E-state index in [4.69, 9.17) is 10.5 Å². The Bertz CT molecular complexity index is 399. The Balaban J connectivity index is 0.00000289. The van der Waals surface area contributed by atoms with E-state index in [1.807, 2.05) is 18.2 Å². The van der Waals surface area contributed by atoms with Gasteiger partial charge in [0.15, 0.2) is 5.96 Å². The van der Waals surface area contributed by atoms with Gasteiger partial charge in [0.25, 0.3) is 0 Å². The van der Waals surface area contributed by atoms with Gasteiger partial charge in [-0.25, -0.2) is 4.99 Å². The van der Waals surface area contributed by atoms with Gasteiger partial charge in [-0.1, -0.05) is 22.9 Å². The van der Waals surface area contributed by atoms with Gasteiger partial charge in [0.1, 0.15) is 5.75 Å². The number of rotatable bonds is 5. The molecule has 0 aliphatic carbocycles. The van der Waals surface area contributed by atoms with E-state index in [0.717, 1.165) is 28.8 Å². The zero-order valence-corrected chi connectivity index (χ0v) is 14.5. The molecule has 0 radical (unpaired) electrons. The van der Waals surface area contributed by atoms with E-state index < -0.39 is 0 Å². The Labute approximate surface area is 134 Å². The van der Waals surface area contributed by atoms with Crippen molar-refractivity contribution in [3.8, 4) is 5.75 Å². The maximum atomic E-state index is 5.72. The Morgan fingerprint density at radius 3 is 2.83 bits per heavy atom. The third-order valence-electron chi connectivity index (χ3n) is 2.22. The van der Waals surface area contributed by atoms with Gasteiger partial charge in [-0.05, 0) is 24.6 Å². The van der Waals surface area contributed by atoms with E-state index in [1.54, 1.807) is 7.11 Å². The first-order chi connectivity index (χ1) is 8.17. The summed E-state index contributed by atoms with van der Waals surface area (Å²) >= 11 is 3.42. The van der Waals surface area contributed by atoms with Crippen LogP contribution in [0.3, 0.4) is 0 Å². The van der Waals surface area contributed by atoms with E-state index in [0.29, 0.717) is 12.5 Å². The van der Waals surface area contributed by atoms with Gasteiger partial charge in [-0.3, -0.25) is 0 Å². The molecule has 0 unspecified atom stereocenters. The average Bonchev–Trinajstić information content (AvgIpc) is 2.34. The molecule has 0 aromatic heterocycles. The van der Waals surface area contributed by atoms with Crippen LogP contribution in [0, 0.1) is 0 Å². The third-order valence-corrected chi connectivity index (χ3v) is 2.71. The van der Waals surface area contributed by atoms with Crippen molar-refractivity contribution < 1.29 is 4.74 Å². The van der Waals surface area contributed by atoms with E-state index in [1.165, 1.54) is 0 Å². The molecule has 0 heterocycles. The maximum Gasteiger partial charge on any atom is 0.188 e. The standard InChI is InChI=1S/C12H18BrN3O.HI/c1-3-6-15-12(14)16-8-9-7-10(13)4-5-11(9)17-2;/h4-5,7H,3,6,8H2,1-2H3,(H3,14,15,16);1H. The molecule has 6 heteroatoms. The van der Waals surface area contributed by atoms with Gasteiger partial charge in [-0.15, -0.1) is 24.0 Å². The van der Waals surface area contributed by atoms with Crippen LogP contribution in [0.4, 0.5) is 0 Å². The first-order valence-corrected chi connectivity index (χ1v) is 6.33. The van der Waals surface area contributed by atoms with Crippen LogP contribution in [0.1, 0.15) is 18.9 Å². The number of hydrogen-bond donors (Lipinski definition) is 2. The van der Waals surface area contributed by atoms with Crippen LogP contribution in [0.2, 0.25) is 0 Å². The minimum Gasteiger partial charge on any atom is -0.496 e. The molecule has 0 saturated carbocycles. The largest absolute Gasteiger partial charge is 0.496 e. The number of nitrogens with two attached hydrogens (primary N) is 1. The molecule has 4 nitrogen and oxygen atoms in total. The first-order valence-electron chi connectivity index (χ1n) is 5.53. The van der Waals surface area contributed by atoms with Crippen molar-refractivity contribution in [2.75, 3.05) is 13.7 Å². The van der Waals surface area contributed by atoms with E-state index in [2.05, 4.69) is 33.2 Å². The minimum atomic E-state index is 0. The molecule has 0 aliphatic rings. The second-order valence-electron chi connectivity index (χ2n) is 3.58. The Hall–Kier alpha value is -0.500. The SMILES string of the molecule is CCCNC(N)=NCc1cc(Br)ccc1OC.I. The highest BCUT2D eigenvalue weighted by molar-refractivity contribution is 14.0. The quantitative estimate of drug-likeness (QED) is 0.431. The predicted octanol–water partition coefficient (Wildman–Crippen LogP) is 2.89. The number of halogens is 2. The molecule has 18 heavy (non-hydrogen) atoms. The summed E-state index contributed by atoms with van der Waals surface area (Å²) in [4.78, 5) is 4.26. The highest BCUT2D eigenvalue weighted by atomic mass is 127. The minimum absolute atomic E-state index is 0. The van der Waals surface area contributed by atoms with Gasteiger partial charge >= 0.3 is 0 Å². The molecule has 1 aromatic rings. The Kier molecular flexibility index (Phi) is 9.17. The maximum absolute atomic E-state index is 5.72. The molecule has 0 saturated heterocycles. The van der Waals surface area contributed by atoms with E-state index in [9.17, 15) is 0 Å². The van der Waals surface area contributed by atoms with Crippen molar-refractivity contribution in [2.45, 2.75) is 19.9 Å². The Morgan fingerprint density at radius 2 is 2.22 bits per heavy atom. The van der Waals surface area contributed by atoms with Crippen LogP contribution < -0.4 is 15.8 Å². The number of guanidine groups is 1. The molecule has 102 valence electrons. The average molecular weight is 428 g/mol. The van der Waals surface area contributed by atoms with Crippen LogP contribution >= 0.6 is 39.9 Å². The van der Waals surface area contributed by atoms with Crippen LogP contribution in [0.5, 0.6) is 5.75 Å². The third kappa shape index (κ3) is 5.90. The summed E-state index contributed by atoms with van der Waals surface area (Å²) in [5.74, 6) is 1.29. The summed E-state index contributed by atoms with van der Waals surface area (Å²) in [7, 11) is 1.65. The lowest BCUT2D eigenvalue weighted by Gasteiger charge is -2.08. The smallest absolute Gasteiger partial charge is 0.188 e. The molecule has 3 N–H and O–H groups in total. The zero-order valence-electron chi connectivity index (χ0n) is 10.6. The van der Waals surface area contributed by atoms with Crippen LogP contribution in [-0.2, 0) is 6.54 Å². The monoisotopic (exact) mass is 427 g/mol. The van der Waals surface area contributed by atoms with Crippen molar-refractivity contribution in [2.24, 2.45) is 10.7 Å². The first kappa shape index (κ1) is 17.5.